The lowest BCUT2D eigenvalue weighted by Crippen LogP contribution is -2.05. The number of methoxy groups -OCH3 is 1. The molecule has 0 aliphatic heterocycles. The van der Waals surface area contributed by atoms with E-state index in [1.807, 2.05) is 16.8 Å². The van der Waals surface area contributed by atoms with Crippen LogP contribution in [0.5, 0.6) is 0 Å². The van der Waals surface area contributed by atoms with E-state index in [0.717, 1.165) is 5.56 Å². The van der Waals surface area contributed by atoms with Crippen molar-refractivity contribution in [2.45, 2.75) is 0 Å². The summed E-state index contributed by atoms with van der Waals surface area (Å²) in [7, 11) is 1.33. The molecule has 2 heterocycles. The van der Waals surface area contributed by atoms with Crippen LogP contribution >= 0.6 is 11.3 Å². The lowest BCUT2D eigenvalue weighted by atomic mass is 10.3. The van der Waals surface area contributed by atoms with E-state index in [9.17, 15) is 4.79 Å². The van der Waals surface area contributed by atoms with Gasteiger partial charge in [0.15, 0.2) is 11.5 Å². The monoisotopic (exact) mass is 220 g/mol. The minimum atomic E-state index is -0.450. The van der Waals surface area contributed by atoms with Gasteiger partial charge in [-0.15, -0.1) is 0 Å². The smallest absolute Gasteiger partial charge is 0.356 e. The van der Waals surface area contributed by atoms with Crippen molar-refractivity contribution < 1.29 is 9.53 Å². The van der Waals surface area contributed by atoms with Gasteiger partial charge in [0, 0.05) is 17.1 Å². The highest BCUT2D eigenvalue weighted by Crippen LogP contribution is 2.17. The summed E-state index contributed by atoms with van der Waals surface area (Å²) in [6.45, 7) is 0. The molecule has 0 saturated heterocycles. The Balaban J connectivity index is 2.39. The van der Waals surface area contributed by atoms with Crippen molar-refractivity contribution in [2.24, 2.45) is 0 Å². The summed E-state index contributed by atoms with van der Waals surface area (Å²) in [6, 6.07) is 3.43. The zero-order chi connectivity index (χ0) is 10.7. The quantitative estimate of drug-likeness (QED) is 0.726. The van der Waals surface area contributed by atoms with Crippen LogP contribution in [0.15, 0.2) is 29.1 Å². The van der Waals surface area contributed by atoms with Crippen LogP contribution in [0.3, 0.4) is 0 Å². The third-order valence-electron chi connectivity index (χ3n) is 1.83. The number of hydrogen-bond donors (Lipinski definition) is 0. The lowest BCUT2D eigenvalue weighted by Gasteiger charge is -1.99. The summed E-state index contributed by atoms with van der Waals surface area (Å²) in [5.41, 5.74) is 1.18. The Morgan fingerprint density at radius 1 is 1.47 bits per heavy atom. The maximum absolute atomic E-state index is 11.2. The van der Waals surface area contributed by atoms with E-state index >= 15 is 0 Å². The van der Waals surface area contributed by atoms with Crippen molar-refractivity contribution in [1.29, 1.82) is 0 Å². The maximum atomic E-state index is 11.2. The number of nitrogens with zero attached hydrogens (tertiary/aromatic N) is 2. The van der Waals surface area contributed by atoms with Crippen molar-refractivity contribution in [3.05, 3.63) is 34.8 Å². The minimum Gasteiger partial charge on any atom is -0.464 e. The molecule has 0 atom stereocenters. The van der Waals surface area contributed by atoms with E-state index in [1.165, 1.54) is 13.2 Å². The normalized spacial score (nSPS) is 9.93. The summed E-state index contributed by atoms with van der Waals surface area (Å²) in [6.07, 6.45) is 1.55. The molecular weight excluding hydrogens is 212 g/mol. The van der Waals surface area contributed by atoms with Gasteiger partial charge in [0.1, 0.15) is 0 Å². The van der Waals surface area contributed by atoms with Gasteiger partial charge in [-0.1, -0.05) is 0 Å². The van der Waals surface area contributed by atoms with E-state index < -0.39 is 5.97 Å². The van der Waals surface area contributed by atoms with Crippen LogP contribution < -0.4 is 0 Å². The molecule has 0 aliphatic carbocycles. The lowest BCUT2D eigenvalue weighted by molar-refractivity contribution is 0.0594. The van der Waals surface area contributed by atoms with Crippen LogP contribution in [0.1, 0.15) is 10.5 Å². The van der Waals surface area contributed by atoms with E-state index in [2.05, 4.69) is 14.7 Å². The fourth-order valence-electron chi connectivity index (χ4n) is 1.11. The fraction of sp³-hybridized carbons (Fsp3) is 0.100. The Labute approximate surface area is 90.6 Å². The first-order valence-corrected chi connectivity index (χ1v) is 5.19. The number of ether oxygens (including phenoxy) is 1. The molecule has 2 aromatic rings. The highest BCUT2D eigenvalue weighted by Gasteiger charge is 2.09. The van der Waals surface area contributed by atoms with Gasteiger partial charge in [0.05, 0.1) is 7.11 Å². The van der Waals surface area contributed by atoms with Gasteiger partial charge in [0.2, 0.25) is 0 Å². The summed E-state index contributed by atoms with van der Waals surface area (Å²) < 4.78 is 4.58. The number of carbonyl (C=O) groups excluding carboxylic acids is 1. The molecule has 0 amide bonds. The molecular formula is C10H8N2O2S. The third-order valence-corrected chi connectivity index (χ3v) is 2.51. The Morgan fingerprint density at radius 2 is 2.33 bits per heavy atom. The molecule has 15 heavy (non-hydrogen) atoms. The fourth-order valence-corrected chi connectivity index (χ4v) is 1.74. The van der Waals surface area contributed by atoms with Gasteiger partial charge in [0.25, 0.3) is 0 Å². The van der Waals surface area contributed by atoms with Crippen LogP contribution in [-0.2, 0) is 4.74 Å². The van der Waals surface area contributed by atoms with Gasteiger partial charge in [-0.3, -0.25) is 0 Å². The molecule has 0 N–H and O–H groups in total. The van der Waals surface area contributed by atoms with Crippen molar-refractivity contribution >= 4 is 17.3 Å². The second-order valence-electron chi connectivity index (χ2n) is 2.77. The Morgan fingerprint density at radius 3 is 3.00 bits per heavy atom. The van der Waals surface area contributed by atoms with Gasteiger partial charge in [-0.05, 0) is 17.5 Å². The number of aromatic nitrogens is 2. The van der Waals surface area contributed by atoms with Gasteiger partial charge in [-0.25, -0.2) is 14.8 Å². The molecule has 0 aromatic carbocycles. The standard InChI is InChI=1S/C10H8N2O2S/c1-14-10(13)8-2-4-11-9(12-8)7-3-5-15-6-7/h2-6H,1H3. The zero-order valence-electron chi connectivity index (χ0n) is 8.01. The van der Waals surface area contributed by atoms with E-state index in [4.69, 9.17) is 0 Å². The predicted octanol–water partition coefficient (Wildman–Crippen LogP) is 1.99. The van der Waals surface area contributed by atoms with Gasteiger partial charge < -0.3 is 4.74 Å². The second-order valence-corrected chi connectivity index (χ2v) is 3.55. The molecule has 76 valence electrons. The van der Waals surface area contributed by atoms with Gasteiger partial charge in [-0.2, -0.15) is 11.3 Å². The third kappa shape index (κ3) is 2.02. The molecule has 0 radical (unpaired) electrons. The molecule has 4 nitrogen and oxygen atoms in total. The van der Waals surface area contributed by atoms with Crippen molar-refractivity contribution in [1.82, 2.24) is 9.97 Å². The van der Waals surface area contributed by atoms with Crippen molar-refractivity contribution in [3.63, 3.8) is 0 Å². The molecule has 2 rings (SSSR count). The zero-order valence-corrected chi connectivity index (χ0v) is 8.82. The summed E-state index contributed by atoms with van der Waals surface area (Å²) >= 11 is 1.56. The Bertz CT molecular complexity index is 468. The molecule has 0 fully saturated rings. The molecule has 5 heteroatoms. The molecule has 2 aromatic heterocycles. The Kier molecular flexibility index (Phi) is 2.73. The number of carbonyl (C=O) groups is 1. The van der Waals surface area contributed by atoms with Crippen LogP contribution in [0, 0.1) is 0 Å². The second kappa shape index (κ2) is 4.18. The number of esters is 1. The first-order chi connectivity index (χ1) is 7.31. The Hall–Kier alpha value is -1.75. The van der Waals surface area contributed by atoms with E-state index in [-0.39, 0.29) is 5.69 Å². The van der Waals surface area contributed by atoms with Crippen LogP contribution in [0.2, 0.25) is 0 Å². The first-order valence-electron chi connectivity index (χ1n) is 4.25. The number of thiophene rings is 1. The SMILES string of the molecule is COC(=O)c1ccnc(-c2ccsc2)n1. The topological polar surface area (TPSA) is 52.1 Å². The van der Waals surface area contributed by atoms with Crippen molar-refractivity contribution in [2.75, 3.05) is 7.11 Å². The molecule has 0 aliphatic rings. The predicted molar refractivity (Wildman–Crippen MR) is 56.7 cm³/mol. The van der Waals surface area contributed by atoms with E-state index in [1.54, 1.807) is 17.5 Å². The average Bonchev–Trinajstić information content (AvgIpc) is 2.82. The largest absolute Gasteiger partial charge is 0.464 e. The summed E-state index contributed by atoms with van der Waals surface area (Å²) in [4.78, 5) is 19.4. The highest BCUT2D eigenvalue weighted by atomic mass is 32.1. The summed E-state index contributed by atoms with van der Waals surface area (Å²) in [5, 5.41) is 3.86. The highest BCUT2D eigenvalue weighted by molar-refractivity contribution is 7.08. The van der Waals surface area contributed by atoms with Crippen molar-refractivity contribution in [3.8, 4) is 11.4 Å². The maximum Gasteiger partial charge on any atom is 0.356 e. The van der Waals surface area contributed by atoms with Gasteiger partial charge >= 0.3 is 5.97 Å². The average molecular weight is 220 g/mol. The first kappa shape index (κ1) is 9.79. The molecule has 0 saturated carbocycles. The van der Waals surface area contributed by atoms with Crippen LogP contribution in [0.4, 0.5) is 0 Å². The number of hydrogen-bond acceptors (Lipinski definition) is 5. The minimum absolute atomic E-state index is 0.272. The van der Waals surface area contributed by atoms with E-state index in [0.29, 0.717) is 5.82 Å². The van der Waals surface area contributed by atoms with Crippen LogP contribution in [-0.4, -0.2) is 23.0 Å². The molecule has 0 spiro atoms. The summed E-state index contributed by atoms with van der Waals surface area (Å²) in [5.74, 6) is 0.0908. The molecule has 0 bridgehead atoms. The van der Waals surface area contributed by atoms with Crippen LogP contribution in [0.25, 0.3) is 11.4 Å². The number of rotatable bonds is 2. The molecule has 0 unspecified atom stereocenters.